The molecule has 0 saturated carbocycles. The first-order valence-corrected chi connectivity index (χ1v) is 4.78. The van der Waals surface area contributed by atoms with Crippen LogP contribution < -0.4 is 0 Å². The SMILES string of the molecule is CCc1cncc(CC)c1CC. The number of hydrogen-bond donors (Lipinski definition) is 0. The normalized spacial score (nSPS) is 10.2. The molecule has 0 aliphatic rings. The van der Waals surface area contributed by atoms with E-state index in [-0.39, 0.29) is 0 Å². The highest BCUT2D eigenvalue weighted by molar-refractivity contribution is 5.31. The fraction of sp³-hybridized carbons (Fsp3) is 0.545. The zero-order chi connectivity index (χ0) is 8.97. The van der Waals surface area contributed by atoms with Crippen molar-refractivity contribution in [2.24, 2.45) is 0 Å². The summed E-state index contributed by atoms with van der Waals surface area (Å²) in [7, 11) is 0. The Morgan fingerprint density at radius 1 is 0.917 bits per heavy atom. The van der Waals surface area contributed by atoms with Crippen LogP contribution in [0.4, 0.5) is 0 Å². The molecule has 1 aromatic rings. The molecule has 0 atom stereocenters. The van der Waals surface area contributed by atoms with Gasteiger partial charge in [0, 0.05) is 12.4 Å². The minimum atomic E-state index is 1.10. The summed E-state index contributed by atoms with van der Waals surface area (Å²) < 4.78 is 0. The van der Waals surface area contributed by atoms with Gasteiger partial charge in [0.25, 0.3) is 0 Å². The van der Waals surface area contributed by atoms with Crippen molar-refractivity contribution in [3.63, 3.8) is 0 Å². The monoisotopic (exact) mass is 163 g/mol. The van der Waals surface area contributed by atoms with Crippen molar-refractivity contribution in [1.29, 1.82) is 0 Å². The van der Waals surface area contributed by atoms with Gasteiger partial charge < -0.3 is 0 Å². The van der Waals surface area contributed by atoms with Crippen molar-refractivity contribution in [3.8, 4) is 0 Å². The third-order valence-electron chi connectivity index (χ3n) is 2.35. The summed E-state index contributed by atoms with van der Waals surface area (Å²) >= 11 is 0. The minimum absolute atomic E-state index is 1.10. The van der Waals surface area contributed by atoms with Crippen LogP contribution in [0.3, 0.4) is 0 Å². The first kappa shape index (κ1) is 9.24. The number of aromatic nitrogens is 1. The molecule has 1 nitrogen and oxygen atoms in total. The third-order valence-corrected chi connectivity index (χ3v) is 2.35. The standard InChI is InChI=1S/C11H17N/c1-4-9-7-12-8-10(5-2)11(9)6-3/h7-8H,4-6H2,1-3H3. The Morgan fingerprint density at radius 2 is 1.42 bits per heavy atom. The fourth-order valence-corrected chi connectivity index (χ4v) is 1.64. The van der Waals surface area contributed by atoms with E-state index in [1.54, 1.807) is 0 Å². The maximum atomic E-state index is 4.23. The van der Waals surface area contributed by atoms with Crippen LogP contribution in [-0.2, 0) is 19.3 Å². The average molecular weight is 163 g/mol. The molecule has 0 amide bonds. The molecule has 0 aliphatic heterocycles. The van der Waals surface area contributed by atoms with Crippen molar-refractivity contribution in [3.05, 3.63) is 29.1 Å². The second kappa shape index (κ2) is 4.24. The average Bonchev–Trinajstić information content (AvgIpc) is 2.16. The molecule has 0 fully saturated rings. The van der Waals surface area contributed by atoms with Gasteiger partial charge in [-0.05, 0) is 36.0 Å². The molecule has 0 spiro atoms. The zero-order valence-electron chi connectivity index (χ0n) is 8.22. The highest BCUT2D eigenvalue weighted by atomic mass is 14.6. The van der Waals surface area contributed by atoms with Crippen LogP contribution in [0.25, 0.3) is 0 Å². The van der Waals surface area contributed by atoms with E-state index < -0.39 is 0 Å². The van der Waals surface area contributed by atoms with E-state index in [1.807, 2.05) is 12.4 Å². The summed E-state index contributed by atoms with van der Waals surface area (Å²) in [5.74, 6) is 0. The molecule has 0 aromatic carbocycles. The summed E-state index contributed by atoms with van der Waals surface area (Å²) in [6.07, 6.45) is 7.33. The molecule has 12 heavy (non-hydrogen) atoms. The van der Waals surface area contributed by atoms with Crippen molar-refractivity contribution in [1.82, 2.24) is 4.98 Å². The highest BCUT2D eigenvalue weighted by Crippen LogP contribution is 2.14. The van der Waals surface area contributed by atoms with E-state index in [2.05, 4.69) is 25.8 Å². The molecular weight excluding hydrogens is 146 g/mol. The van der Waals surface area contributed by atoms with E-state index in [1.165, 1.54) is 16.7 Å². The minimum Gasteiger partial charge on any atom is -0.264 e. The van der Waals surface area contributed by atoms with Gasteiger partial charge in [-0.3, -0.25) is 4.98 Å². The summed E-state index contributed by atoms with van der Waals surface area (Å²) in [5.41, 5.74) is 4.34. The van der Waals surface area contributed by atoms with Gasteiger partial charge in [0.2, 0.25) is 0 Å². The maximum Gasteiger partial charge on any atom is 0.0302 e. The molecule has 1 aromatic heterocycles. The van der Waals surface area contributed by atoms with Gasteiger partial charge in [-0.1, -0.05) is 20.8 Å². The van der Waals surface area contributed by atoms with E-state index >= 15 is 0 Å². The molecule has 0 saturated heterocycles. The van der Waals surface area contributed by atoms with E-state index in [4.69, 9.17) is 0 Å². The summed E-state index contributed by atoms with van der Waals surface area (Å²) in [4.78, 5) is 4.23. The van der Waals surface area contributed by atoms with Crippen LogP contribution in [0, 0.1) is 0 Å². The van der Waals surface area contributed by atoms with Crippen molar-refractivity contribution in [2.45, 2.75) is 40.0 Å². The Bertz CT molecular complexity index is 231. The van der Waals surface area contributed by atoms with Crippen LogP contribution in [-0.4, -0.2) is 4.98 Å². The largest absolute Gasteiger partial charge is 0.264 e. The molecule has 0 aliphatic carbocycles. The van der Waals surface area contributed by atoms with Gasteiger partial charge >= 0.3 is 0 Å². The van der Waals surface area contributed by atoms with E-state index in [0.717, 1.165) is 19.3 Å². The fourth-order valence-electron chi connectivity index (χ4n) is 1.64. The first-order chi connectivity index (χ1) is 5.83. The van der Waals surface area contributed by atoms with Crippen LogP contribution in [0.15, 0.2) is 12.4 Å². The van der Waals surface area contributed by atoms with Crippen molar-refractivity contribution in [2.75, 3.05) is 0 Å². The lowest BCUT2D eigenvalue weighted by atomic mass is 9.99. The Labute approximate surface area is 74.8 Å². The highest BCUT2D eigenvalue weighted by Gasteiger charge is 2.03. The van der Waals surface area contributed by atoms with Crippen LogP contribution in [0.2, 0.25) is 0 Å². The summed E-state index contributed by atoms with van der Waals surface area (Å²) in [5, 5.41) is 0. The first-order valence-electron chi connectivity index (χ1n) is 4.78. The van der Waals surface area contributed by atoms with Gasteiger partial charge in [0.05, 0.1) is 0 Å². The van der Waals surface area contributed by atoms with Gasteiger partial charge in [-0.15, -0.1) is 0 Å². The Kier molecular flexibility index (Phi) is 3.27. The van der Waals surface area contributed by atoms with Crippen LogP contribution in [0.1, 0.15) is 37.5 Å². The number of nitrogens with zero attached hydrogens (tertiary/aromatic N) is 1. The molecule has 0 unspecified atom stereocenters. The molecule has 0 bridgehead atoms. The second-order valence-corrected chi connectivity index (χ2v) is 3.00. The number of aryl methyl sites for hydroxylation is 2. The summed E-state index contributed by atoms with van der Waals surface area (Å²) in [6.45, 7) is 6.60. The smallest absolute Gasteiger partial charge is 0.0302 e. The number of pyridine rings is 1. The Morgan fingerprint density at radius 3 is 1.75 bits per heavy atom. The van der Waals surface area contributed by atoms with Crippen LogP contribution in [0.5, 0.6) is 0 Å². The predicted octanol–water partition coefficient (Wildman–Crippen LogP) is 2.77. The van der Waals surface area contributed by atoms with Crippen LogP contribution >= 0.6 is 0 Å². The van der Waals surface area contributed by atoms with E-state index in [9.17, 15) is 0 Å². The lowest BCUT2D eigenvalue weighted by molar-refractivity contribution is 0.954. The topological polar surface area (TPSA) is 12.9 Å². The lowest BCUT2D eigenvalue weighted by Crippen LogP contribution is -1.98. The van der Waals surface area contributed by atoms with E-state index in [0.29, 0.717) is 0 Å². The molecule has 0 radical (unpaired) electrons. The second-order valence-electron chi connectivity index (χ2n) is 3.00. The van der Waals surface area contributed by atoms with Crippen molar-refractivity contribution >= 4 is 0 Å². The summed E-state index contributed by atoms with van der Waals surface area (Å²) in [6, 6.07) is 0. The maximum absolute atomic E-state index is 4.23. The Hall–Kier alpha value is -0.850. The lowest BCUT2D eigenvalue weighted by Gasteiger charge is -2.09. The molecule has 66 valence electrons. The quantitative estimate of drug-likeness (QED) is 0.667. The van der Waals surface area contributed by atoms with Gasteiger partial charge in [-0.25, -0.2) is 0 Å². The molecule has 1 heteroatoms. The molecule has 0 N–H and O–H groups in total. The van der Waals surface area contributed by atoms with Gasteiger partial charge in [-0.2, -0.15) is 0 Å². The zero-order valence-corrected chi connectivity index (χ0v) is 8.22. The number of rotatable bonds is 3. The van der Waals surface area contributed by atoms with Gasteiger partial charge in [0.15, 0.2) is 0 Å². The number of hydrogen-bond acceptors (Lipinski definition) is 1. The molecule has 1 heterocycles. The van der Waals surface area contributed by atoms with Gasteiger partial charge in [0.1, 0.15) is 0 Å². The predicted molar refractivity (Wildman–Crippen MR) is 52.4 cm³/mol. The molecular formula is C11H17N. The third kappa shape index (κ3) is 1.66. The van der Waals surface area contributed by atoms with Crippen molar-refractivity contribution < 1.29 is 0 Å². The molecule has 1 rings (SSSR count). The Balaban J connectivity index is 3.13.